The third-order valence-corrected chi connectivity index (χ3v) is 8.08. The molecule has 1 N–H and O–H groups in total. The third kappa shape index (κ3) is 4.43. The largest absolute Gasteiger partial charge is 0.493 e. The highest BCUT2D eigenvalue weighted by atomic mass is 32.1. The highest BCUT2D eigenvalue weighted by Gasteiger charge is 2.23. The number of rotatable bonds is 6. The number of carbonyl (C=O) groups excluding carboxylic acids is 1. The van der Waals surface area contributed by atoms with Gasteiger partial charge >= 0.3 is 0 Å². The topological polar surface area (TPSA) is 82.5 Å². The van der Waals surface area contributed by atoms with Crippen LogP contribution in [0.25, 0.3) is 10.2 Å². The lowest BCUT2D eigenvalue weighted by Gasteiger charge is -2.16. The lowest BCUT2D eigenvalue weighted by molar-refractivity contribution is 0.0954. The molecule has 34 heavy (non-hydrogen) atoms. The van der Waals surface area contributed by atoms with Crippen molar-refractivity contribution in [3.8, 4) is 11.5 Å². The van der Waals surface area contributed by atoms with E-state index < -0.39 is 0 Å². The fourth-order valence-corrected chi connectivity index (χ4v) is 6.10. The van der Waals surface area contributed by atoms with Crippen LogP contribution in [0.15, 0.2) is 23.0 Å². The van der Waals surface area contributed by atoms with Crippen molar-refractivity contribution in [3.05, 3.63) is 50.4 Å². The van der Waals surface area contributed by atoms with Crippen molar-refractivity contribution in [1.29, 1.82) is 0 Å². The Morgan fingerprint density at radius 2 is 2.00 bits per heavy atom. The number of nitrogens with one attached hydrogen (secondary N) is 1. The molecular formula is C26H31N3O4S. The molecule has 2 aliphatic rings. The van der Waals surface area contributed by atoms with Crippen LogP contribution in [0, 0.1) is 6.92 Å². The van der Waals surface area contributed by atoms with Gasteiger partial charge in [-0.2, -0.15) is 0 Å². The normalized spacial score (nSPS) is 16.3. The zero-order chi connectivity index (χ0) is 23.7. The SMILES string of the molecule is COc1cc(CNC(=O)c2sc3nc4n(c(=O)c3c2C)CCCCC4)ccc1OC1CCCC1. The maximum absolute atomic E-state index is 13.2. The van der Waals surface area contributed by atoms with Crippen LogP contribution in [-0.2, 0) is 19.5 Å². The van der Waals surface area contributed by atoms with Gasteiger partial charge in [0.2, 0.25) is 0 Å². The number of hydrogen-bond acceptors (Lipinski definition) is 6. The van der Waals surface area contributed by atoms with Crippen molar-refractivity contribution in [3.63, 3.8) is 0 Å². The van der Waals surface area contributed by atoms with Crippen LogP contribution in [0.1, 0.15) is 71.6 Å². The van der Waals surface area contributed by atoms with Gasteiger partial charge < -0.3 is 14.8 Å². The van der Waals surface area contributed by atoms with Gasteiger partial charge in [0.05, 0.1) is 23.5 Å². The first kappa shape index (κ1) is 22.9. The van der Waals surface area contributed by atoms with Crippen LogP contribution in [-0.4, -0.2) is 28.7 Å². The molecule has 1 saturated carbocycles. The highest BCUT2D eigenvalue weighted by molar-refractivity contribution is 7.20. The van der Waals surface area contributed by atoms with Crippen LogP contribution in [0.3, 0.4) is 0 Å². The summed E-state index contributed by atoms with van der Waals surface area (Å²) in [6.07, 6.45) is 8.79. The van der Waals surface area contributed by atoms with Crippen LogP contribution < -0.4 is 20.3 Å². The second kappa shape index (κ2) is 9.78. The van der Waals surface area contributed by atoms with Crippen molar-refractivity contribution in [2.75, 3.05) is 7.11 Å². The van der Waals surface area contributed by atoms with Gasteiger partial charge in [-0.1, -0.05) is 12.5 Å². The number of amides is 1. The molecule has 3 aromatic rings. The molecule has 7 nitrogen and oxygen atoms in total. The Labute approximate surface area is 203 Å². The summed E-state index contributed by atoms with van der Waals surface area (Å²) in [5, 5.41) is 3.58. The van der Waals surface area contributed by atoms with Crippen molar-refractivity contribution < 1.29 is 14.3 Å². The van der Waals surface area contributed by atoms with Crippen molar-refractivity contribution in [1.82, 2.24) is 14.9 Å². The minimum absolute atomic E-state index is 0.0164. The smallest absolute Gasteiger partial charge is 0.262 e. The molecule has 8 heteroatoms. The van der Waals surface area contributed by atoms with Crippen LogP contribution in [0.2, 0.25) is 0 Å². The summed E-state index contributed by atoms with van der Waals surface area (Å²) in [5.74, 6) is 2.08. The molecular weight excluding hydrogens is 450 g/mol. The molecule has 0 spiro atoms. The lowest BCUT2D eigenvalue weighted by Crippen LogP contribution is -2.25. The fraction of sp³-hybridized carbons (Fsp3) is 0.500. The molecule has 0 saturated heterocycles. The van der Waals surface area contributed by atoms with E-state index in [1.807, 2.05) is 25.1 Å². The number of aromatic nitrogens is 2. The highest BCUT2D eigenvalue weighted by Crippen LogP contribution is 2.33. The Hall–Kier alpha value is -2.87. The van der Waals surface area contributed by atoms with Gasteiger partial charge in [0.25, 0.3) is 11.5 Å². The summed E-state index contributed by atoms with van der Waals surface area (Å²) in [5.41, 5.74) is 1.62. The maximum Gasteiger partial charge on any atom is 0.262 e. The van der Waals surface area contributed by atoms with Gasteiger partial charge in [-0.05, 0) is 68.7 Å². The third-order valence-electron chi connectivity index (χ3n) is 6.89. The molecule has 5 rings (SSSR count). The average molecular weight is 482 g/mol. The predicted molar refractivity (Wildman–Crippen MR) is 133 cm³/mol. The quantitative estimate of drug-likeness (QED) is 0.549. The number of nitrogens with zero attached hydrogens (tertiary/aromatic N) is 2. The van der Waals surface area contributed by atoms with Gasteiger partial charge in [0.15, 0.2) is 11.5 Å². The first-order chi connectivity index (χ1) is 16.5. The molecule has 2 aromatic heterocycles. The summed E-state index contributed by atoms with van der Waals surface area (Å²) >= 11 is 1.31. The molecule has 3 heterocycles. The fourth-order valence-electron chi connectivity index (χ4n) is 4.99. The summed E-state index contributed by atoms with van der Waals surface area (Å²) in [6.45, 7) is 2.91. The number of carbonyl (C=O) groups is 1. The van der Waals surface area contributed by atoms with E-state index in [0.717, 1.165) is 55.7 Å². The molecule has 0 unspecified atom stereocenters. The van der Waals surface area contributed by atoms with Crippen molar-refractivity contribution in [2.24, 2.45) is 0 Å². The van der Waals surface area contributed by atoms with Gasteiger partial charge in [-0.25, -0.2) is 4.98 Å². The Bertz CT molecular complexity index is 1270. The van der Waals surface area contributed by atoms with E-state index in [-0.39, 0.29) is 17.6 Å². The zero-order valence-corrected chi connectivity index (χ0v) is 20.6. The number of thiophene rings is 1. The number of aryl methyl sites for hydroxylation is 2. The van der Waals surface area contributed by atoms with Gasteiger partial charge in [-0.3, -0.25) is 14.2 Å². The average Bonchev–Trinajstić information content (AvgIpc) is 3.39. The van der Waals surface area contributed by atoms with E-state index in [2.05, 4.69) is 5.32 Å². The molecule has 1 fully saturated rings. The molecule has 0 atom stereocenters. The number of benzene rings is 1. The summed E-state index contributed by atoms with van der Waals surface area (Å²) in [4.78, 5) is 32.2. The molecule has 0 radical (unpaired) electrons. The Balaban J connectivity index is 1.33. The van der Waals surface area contributed by atoms with Crippen LogP contribution in [0.5, 0.6) is 11.5 Å². The minimum atomic E-state index is -0.189. The minimum Gasteiger partial charge on any atom is -0.493 e. The zero-order valence-electron chi connectivity index (χ0n) is 19.8. The van der Waals surface area contributed by atoms with Crippen LogP contribution >= 0.6 is 11.3 Å². The number of hydrogen-bond donors (Lipinski definition) is 1. The van der Waals surface area contributed by atoms with Crippen molar-refractivity contribution >= 4 is 27.5 Å². The molecule has 180 valence electrons. The second-order valence-corrected chi connectivity index (χ2v) is 10.2. The second-order valence-electron chi connectivity index (χ2n) is 9.22. The first-order valence-electron chi connectivity index (χ1n) is 12.2. The first-order valence-corrected chi connectivity index (χ1v) is 13.0. The lowest BCUT2D eigenvalue weighted by atomic mass is 10.1. The van der Waals surface area contributed by atoms with E-state index in [4.69, 9.17) is 14.5 Å². The summed E-state index contributed by atoms with van der Waals surface area (Å²) < 4.78 is 13.4. The summed E-state index contributed by atoms with van der Waals surface area (Å²) in [7, 11) is 1.63. The molecule has 1 aliphatic carbocycles. The molecule has 1 aromatic carbocycles. The van der Waals surface area contributed by atoms with E-state index >= 15 is 0 Å². The van der Waals surface area contributed by atoms with E-state index in [0.29, 0.717) is 39.5 Å². The Morgan fingerprint density at radius 1 is 1.18 bits per heavy atom. The van der Waals surface area contributed by atoms with E-state index in [1.165, 1.54) is 24.2 Å². The molecule has 1 amide bonds. The Kier molecular flexibility index (Phi) is 6.59. The van der Waals surface area contributed by atoms with Gasteiger partial charge in [0, 0.05) is 19.5 Å². The van der Waals surface area contributed by atoms with E-state index in [1.54, 1.807) is 11.7 Å². The van der Waals surface area contributed by atoms with Gasteiger partial charge in [-0.15, -0.1) is 11.3 Å². The van der Waals surface area contributed by atoms with Crippen LogP contribution in [0.4, 0.5) is 0 Å². The van der Waals surface area contributed by atoms with E-state index in [9.17, 15) is 9.59 Å². The molecule has 1 aliphatic heterocycles. The monoisotopic (exact) mass is 481 g/mol. The maximum atomic E-state index is 13.2. The number of ether oxygens (including phenoxy) is 2. The standard InChI is InChI=1S/C26H31N3O4S/c1-16-22-25(28-21-10-4-3-7-13-29(21)26(22)31)34-23(16)24(30)27-15-17-11-12-19(20(14-17)32-2)33-18-8-5-6-9-18/h11-12,14,18H,3-10,13,15H2,1-2H3,(H,27,30). The van der Waals surface area contributed by atoms with Gasteiger partial charge in [0.1, 0.15) is 10.7 Å². The predicted octanol–water partition coefficient (Wildman–Crippen LogP) is 4.75. The van der Waals surface area contributed by atoms with Crippen molar-refractivity contribution in [2.45, 2.75) is 77.5 Å². The molecule has 0 bridgehead atoms. The summed E-state index contributed by atoms with van der Waals surface area (Å²) in [6, 6.07) is 5.78. The Morgan fingerprint density at radius 3 is 2.79 bits per heavy atom. The number of methoxy groups -OCH3 is 1. The number of fused-ring (bicyclic) bond motifs is 2.